The SMILES string of the molecule is COc1cc(C#N)ccc1S(=O)(=O)N1CCCCC1CNC(=O)CCN. The Kier molecular flexibility index (Phi) is 6.97. The molecule has 1 aromatic carbocycles. The van der Waals surface area contributed by atoms with Crippen LogP contribution in [-0.4, -0.2) is 51.4 Å². The number of carbonyl (C=O) groups is 1. The second-order valence-electron chi connectivity index (χ2n) is 6.09. The Bertz CT molecular complexity index is 788. The maximum atomic E-state index is 13.2. The molecule has 0 spiro atoms. The van der Waals surface area contributed by atoms with E-state index in [2.05, 4.69) is 5.32 Å². The van der Waals surface area contributed by atoms with Crippen LogP contribution >= 0.6 is 0 Å². The minimum atomic E-state index is -3.82. The maximum absolute atomic E-state index is 13.2. The molecule has 0 aromatic heterocycles. The van der Waals surface area contributed by atoms with E-state index in [-0.39, 0.29) is 42.1 Å². The predicted molar refractivity (Wildman–Crippen MR) is 95.9 cm³/mol. The molecule has 9 heteroatoms. The fourth-order valence-corrected chi connectivity index (χ4v) is 4.85. The summed E-state index contributed by atoms with van der Waals surface area (Å²) in [5.74, 6) is -0.0492. The lowest BCUT2D eigenvalue weighted by atomic mass is 10.1. The highest BCUT2D eigenvalue weighted by Crippen LogP contribution is 2.31. The third-order valence-corrected chi connectivity index (χ3v) is 6.35. The second kappa shape index (κ2) is 8.98. The maximum Gasteiger partial charge on any atom is 0.247 e. The van der Waals surface area contributed by atoms with Crippen molar-refractivity contribution in [3.63, 3.8) is 0 Å². The highest BCUT2D eigenvalue weighted by atomic mass is 32.2. The summed E-state index contributed by atoms with van der Waals surface area (Å²) >= 11 is 0. The van der Waals surface area contributed by atoms with Crippen molar-refractivity contribution >= 4 is 15.9 Å². The van der Waals surface area contributed by atoms with Crippen molar-refractivity contribution in [3.05, 3.63) is 23.8 Å². The summed E-state index contributed by atoms with van der Waals surface area (Å²) in [5, 5.41) is 11.7. The first kappa shape index (κ1) is 20.2. The first-order valence-corrected chi connectivity index (χ1v) is 9.94. The van der Waals surface area contributed by atoms with Gasteiger partial charge in [-0.15, -0.1) is 0 Å². The fourth-order valence-electron chi connectivity index (χ4n) is 3.02. The molecular weight excluding hydrogens is 356 g/mol. The lowest BCUT2D eigenvalue weighted by Crippen LogP contribution is -2.49. The van der Waals surface area contributed by atoms with Crippen molar-refractivity contribution in [2.24, 2.45) is 5.73 Å². The Hall–Kier alpha value is -2.15. The topological polar surface area (TPSA) is 126 Å². The Labute approximate surface area is 154 Å². The Morgan fingerprint density at radius 2 is 2.23 bits per heavy atom. The standard InChI is InChI=1S/C17H24N4O4S/c1-25-15-10-13(11-19)5-6-16(15)26(23,24)21-9-3-2-4-14(21)12-20-17(22)7-8-18/h5-6,10,14H,2-4,7-9,12,18H2,1H3,(H,20,22). The van der Waals surface area contributed by atoms with Gasteiger partial charge in [0.05, 0.1) is 18.7 Å². The summed E-state index contributed by atoms with van der Waals surface area (Å²) in [7, 11) is -2.44. The first-order chi connectivity index (χ1) is 12.4. The van der Waals surface area contributed by atoms with Crippen molar-refractivity contribution in [1.29, 1.82) is 5.26 Å². The molecule has 0 saturated carbocycles. The lowest BCUT2D eigenvalue weighted by Gasteiger charge is -2.35. The molecule has 0 radical (unpaired) electrons. The molecular formula is C17H24N4O4S. The van der Waals surface area contributed by atoms with E-state index in [0.717, 1.165) is 12.8 Å². The number of ether oxygens (including phenoxy) is 1. The van der Waals surface area contributed by atoms with Crippen LogP contribution in [0.1, 0.15) is 31.2 Å². The predicted octanol–water partition coefficient (Wildman–Crippen LogP) is 0.575. The van der Waals surface area contributed by atoms with Crippen molar-refractivity contribution in [3.8, 4) is 11.8 Å². The third-order valence-electron chi connectivity index (χ3n) is 4.36. The van der Waals surface area contributed by atoms with Crippen LogP contribution in [0.5, 0.6) is 5.75 Å². The van der Waals surface area contributed by atoms with Gasteiger partial charge in [0.1, 0.15) is 10.6 Å². The number of nitrogens with two attached hydrogens (primary N) is 1. The number of nitrogens with zero attached hydrogens (tertiary/aromatic N) is 2. The molecule has 2 rings (SSSR count). The van der Waals surface area contributed by atoms with Crippen molar-refractivity contribution in [2.45, 2.75) is 36.6 Å². The number of carbonyl (C=O) groups excluding carboxylic acids is 1. The quantitative estimate of drug-likeness (QED) is 0.712. The monoisotopic (exact) mass is 380 g/mol. The summed E-state index contributed by atoms with van der Waals surface area (Å²) in [6.07, 6.45) is 2.53. The van der Waals surface area contributed by atoms with Gasteiger partial charge in [-0.2, -0.15) is 9.57 Å². The lowest BCUT2D eigenvalue weighted by molar-refractivity contribution is -0.121. The molecule has 1 aliphatic rings. The first-order valence-electron chi connectivity index (χ1n) is 8.50. The highest BCUT2D eigenvalue weighted by Gasteiger charge is 2.35. The van der Waals surface area contributed by atoms with Crippen LogP contribution in [0.4, 0.5) is 0 Å². The van der Waals surface area contributed by atoms with E-state index >= 15 is 0 Å². The van der Waals surface area contributed by atoms with Gasteiger partial charge in [0.2, 0.25) is 15.9 Å². The molecule has 8 nitrogen and oxygen atoms in total. The van der Waals surface area contributed by atoms with E-state index in [1.807, 2.05) is 6.07 Å². The summed E-state index contributed by atoms with van der Waals surface area (Å²) in [4.78, 5) is 11.7. The molecule has 1 aliphatic heterocycles. The number of amides is 1. The van der Waals surface area contributed by atoms with Gasteiger partial charge in [0.15, 0.2) is 0 Å². The van der Waals surface area contributed by atoms with E-state index in [0.29, 0.717) is 18.5 Å². The Morgan fingerprint density at radius 1 is 1.46 bits per heavy atom. The summed E-state index contributed by atoms with van der Waals surface area (Å²) in [6, 6.07) is 5.91. The van der Waals surface area contributed by atoms with Crippen molar-refractivity contribution in [2.75, 3.05) is 26.7 Å². The zero-order valence-electron chi connectivity index (χ0n) is 14.8. The highest BCUT2D eigenvalue weighted by molar-refractivity contribution is 7.89. The van der Waals surface area contributed by atoms with E-state index < -0.39 is 10.0 Å². The third kappa shape index (κ3) is 4.52. The summed E-state index contributed by atoms with van der Waals surface area (Å²) in [6.45, 7) is 0.876. The molecule has 142 valence electrons. The van der Waals surface area contributed by atoms with E-state index in [1.165, 1.54) is 29.6 Å². The minimum absolute atomic E-state index is 0.0270. The molecule has 0 aliphatic carbocycles. The van der Waals surface area contributed by atoms with E-state index in [4.69, 9.17) is 15.7 Å². The van der Waals surface area contributed by atoms with Gasteiger partial charge in [0, 0.05) is 32.1 Å². The molecule has 1 heterocycles. The Morgan fingerprint density at radius 3 is 2.88 bits per heavy atom. The Balaban J connectivity index is 2.27. The zero-order valence-corrected chi connectivity index (χ0v) is 15.6. The zero-order chi connectivity index (χ0) is 19.2. The van der Waals surface area contributed by atoms with Gasteiger partial charge < -0.3 is 15.8 Å². The van der Waals surface area contributed by atoms with Crippen LogP contribution in [0.2, 0.25) is 0 Å². The minimum Gasteiger partial charge on any atom is -0.495 e. The number of hydrogen-bond donors (Lipinski definition) is 2. The van der Waals surface area contributed by atoms with Crippen LogP contribution in [0.3, 0.4) is 0 Å². The molecule has 3 N–H and O–H groups in total. The molecule has 26 heavy (non-hydrogen) atoms. The smallest absolute Gasteiger partial charge is 0.247 e. The van der Waals surface area contributed by atoms with Gasteiger partial charge in [-0.3, -0.25) is 4.79 Å². The number of nitriles is 1. The molecule has 1 fully saturated rings. The number of piperidine rings is 1. The fraction of sp³-hybridized carbons (Fsp3) is 0.529. The average molecular weight is 380 g/mol. The van der Waals surface area contributed by atoms with Crippen molar-refractivity contribution < 1.29 is 17.9 Å². The van der Waals surface area contributed by atoms with E-state index in [1.54, 1.807) is 0 Å². The number of benzene rings is 1. The van der Waals surface area contributed by atoms with E-state index in [9.17, 15) is 13.2 Å². The number of sulfonamides is 1. The molecule has 1 amide bonds. The molecule has 0 bridgehead atoms. The number of nitrogens with one attached hydrogen (secondary N) is 1. The normalized spacial score (nSPS) is 18.1. The van der Waals surface area contributed by atoms with Crippen molar-refractivity contribution in [1.82, 2.24) is 9.62 Å². The summed E-state index contributed by atoms with van der Waals surface area (Å²) < 4.78 is 33.0. The molecule has 1 atom stereocenters. The van der Waals surface area contributed by atoms with Gasteiger partial charge in [-0.05, 0) is 31.0 Å². The molecule has 1 saturated heterocycles. The van der Waals surface area contributed by atoms with Crippen LogP contribution in [0.15, 0.2) is 23.1 Å². The van der Waals surface area contributed by atoms with Crippen LogP contribution in [-0.2, 0) is 14.8 Å². The van der Waals surface area contributed by atoms with Crippen LogP contribution in [0, 0.1) is 11.3 Å². The van der Waals surface area contributed by atoms with Gasteiger partial charge in [-0.1, -0.05) is 6.42 Å². The van der Waals surface area contributed by atoms with Gasteiger partial charge >= 0.3 is 0 Å². The number of methoxy groups -OCH3 is 1. The average Bonchev–Trinajstić information content (AvgIpc) is 2.66. The largest absolute Gasteiger partial charge is 0.495 e. The van der Waals surface area contributed by atoms with Crippen LogP contribution in [0.25, 0.3) is 0 Å². The number of hydrogen-bond acceptors (Lipinski definition) is 6. The number of rotatable bonds is 7. The van der Waals surface area contributed by atoms with Gasteiger partial charge in [-0.25, -0.2) is 8.42 Å². The van der Waals surface area contributed by atoms with Gasteiger partial charge in [0.25, 0.3) is 0 Å². The second-order valence-corrected chi connectivity index (χ2v) is 7.94. The summed E-state index contributed by atoms with van der Waals surface area (Å²) in [5.41, 5.74) is 5.69. The molecule has 1 aromatic rings. The molecule has 1 unspecified atom stereocenters. The van der Waals surface area contributed by atoms with Crippen LogP contribution < -0.4 is 15.8 Å².